The van der Waals surface area contributed by atoms with E-state index in [1.807, 2.05) is 26.0 Å². The summed E-state index contributed by atoms with van der Waals surface area (Å²) in [6.07, 6.45) is 12.2. The topological polar surface area (TPSA) is 0 Å². The Labute approximate surface area is 101 Å². The lowest BCUT2D eigenvalue weighted by molar-refractivity contribution is 0.645. The molecule has 0 atom stereocenters. The van der Waals surface area contributed by atoms with E-state index in [4.69, 9.17) is 0 Å². The molecule has 1 saturated carbocycles. The Morgan fingerprint density at radius 3 is 1.38 bits per heavy atom. The van der Waals surface area contributed by atoms with Crippen LogP contribution in [0.25, 0.3) is 0 Å². The van der Waals surface area contributed by atoms with Crippen LogP contribution in [0.2, 0.25) is 0 Å². The van der Waals surface area contributed by atoms with Crippen LogP contribution in [-0.2, 0) is 0 Å². The second-order valence-electron chi connectivity index (χ2n) is 4.89. The molecule has 0 amide bonds. The summed E-state index contributed by atoms with van der Waals surface area (Å²) >= 11 is 0. The normalized spacial score (nSPS) is 20.8. The molecule has 90 valence electrons. The van der Waals surface area contributed by atoms with E-state index in [-0.39, 0.29) is 0 Å². The van der Waals surface area contributed by atoms with Crippen molar-refractivity contribution in [3.63, 3.8) is 0 Å². The predicted octanol–water partition coefficient (Wildman–Crippen LogP) is 5.57. The summed E-state index contributed by atoms with van der Waals surface area (Å²) in [5, 5.41) is 0. The number of fused-ring (bicyclic) bond motifs is 1. The number of hydrogen-bond acceptors (Lipinski definition) is 0. The largest absolute Gasteiger partial charge is 0.0919 e. The van der Waals surface area contributed by atoms with Gasteiger partial charge in [-0.25, -0.2) is 0 Å². The molecular weight excluding hydrogens is 192 g/mol. The lowest BCUT2D eigenvalue weighted by atomic mass is 9.79. The van der Waals surface area contributed by atoms with Gasteiger partial charge in [0.05, 0.1) is 0 Å². The van der Waals surface area contributed by atoms with Gasteiger partial charge >= 0.3 is 0 Å². The Bertz CT molecular complexity index is 281. The van der Waals surface area contributed by atoms with E-state index in [0.29, 0.717) is 0 Å². The molecule has 0 nitrogen and oxygen atoms in total. The maximum atomic E-state index is 2.33. The van der Waals surface area contributed by atoms with Crippen LogP contribution >= 0.6 is 0 Å². The molecule has 0 aliphatic heterocycles. The first-order valence-electron chi connectivity index (χ1n) is 6.65. The van der Waals surface area contributed by atoms with E-state index in [1.54, 1.807) is 22.3 Å². The lowest BCUT2D eigenvalue weighted by Crippen LogP contribution is -2.08. The third-order valence-electron chi connectivity index (χ3n) is 3.71. The van der Waals surface area contributed by atoms with Crippen molar-refractivity contribution < 1.29 is 0 Å². The maximum absolute atomic E-state index is 2.33. The molecule has 1 fully saturated rings. The van der Waals surface area contributed by atoms with Crippen molar-refractivity contribution in [3.05, 3.63) is 34.4 Å². The van der Waals surface area contributed by atoms with Gasteiger partial charge in [-0.1, -0.05) is 23.3 Å². The molecule has 0 aromatic rings. The molecule has 0 heteroatoms. The standard InChI is InChI=1S/C12H18.C4H8/c1-9-7-8-10(2)12-6-4-3-5-11(9)12;1-3-4-2/h3-8H2,1-2H3;3-4H,1-2H3/b;4-3-. The minimum Gasteiger partial charge on any atom is -0.0919 e. The first-order valence-corrected chi connectivity index (χ1v) is 6.65. The Kier molecular flexibility index (Phi) is 5.59. The third-order valence-corrected chi connectivity index (χ3v) is 3.71. The summed E-state index contributed by atoms with van der Waals surface area (Å²) in [7, 11) is 0. The van der Waals surface area contributed by atoms with Crippen LogP contribution in [0.4, 0.5) is 0 Å². The van der Waals surface area contributed by atoms with Crippen molar-refractivity contribution in [2.45, 2.75) is 66.2 Å². The average Bonchev–Trinajstić information content (AvgIpc) is 2.35. The van der Waals surface area contributed by atoms with Crippen LogP contribution in [0.1, 0.15) is 66.2 Å². The highest BCUT2D eigenvalue weighted by atomic mass is 14.2. The Morgan fingerprint density at radius 2 is 1.06 bits per heavy atom. The smallest absolute Gasteiger partial charge is 0.0277 e. The summed E-state index contributed by atoms with van der Waals surface area (Å²) in [5.74, 6) is 0. The number of hydrogen-bond donors (Lipinski definition) is 0. The third kappa shape index (κ3) is 3.37. The van der Waals surface area contributed by atoms with E-state index in [2.05, 4.69) is 13.8 Å². The first-order chi connectivity index (χ1) is 7.70. The highest BCUT2D eigenvalue weighted by molar-refractivity contribution is 5.42. The molecule has 0 spiro atoms. The fourth-order valence-corrected chi connectivity index (χ4v) is 2.52. The van der Waals surface area contributed by atoms with Gasteiger partial charge in [0.15, 0.2) is 0 Å². The molecule has 0 radical (unpaired) electrons. The Hall–Kier alpha value is -0.780. The quantitative estimate of drug-likeness (QED) is 0.466. The summed E-state index contributed by atoms with van der Waals surface area (Å²) in [6, 6.07) is 0. The monoisotopic (exact) mass is 218 g/mol. The van der Waals surface area contributed by atoms with E-state index < -0.39 is 0 Å². The molecule has 0 aromatic carbocycles. The second kappa shape index (κ2) is 6.73. The van der Waals surface area contributed by atoms with Crippen molar-refractivity contribution in [2.24, 2.45) is 0 Å². The molecule has 0 aromatic heterocycles. The van der Waals surface area contributed by atoms with Gasteiger partial charge in [-0.05, 0) is 77.4 Å². The zero-order valence-electron chi connectivity index (χ0n) is 11.4. The molecule has 0 saturated heterocycles. The van der Waals surface area contributed by atoms with Gasteiger partial charge in [0.2, 0.25) is 0 Å². The number of allylic oxidation sites excluding steroid dienone is 6. The summed E-state index contributed by atoms with van der Waals surface area (Å²) in [6.45, 7) is 8.65. The zero-order valence-corrected chi connectivity index (χ0v) is 11.4. The minimum atomic E-state index is 1.32. The van der Waals surface area contributed by atoms with Gasteiger partial charge in [0.1, 0.15) is 0 Å². The fraction of sp³-hybridized carbons (Fsp3) is 0.625. The van der Waals surface area contributed by atoms with Crippen LogP contribution in [0.15, 0.2) is 34.4 Å². The van der Waals surface area contributed by atoms with Crippen LogP contribution in [0.5, 0.6) is 0 Å². The van der Waals surface area contributed by atoms with E-state index >= 15 is 0 Å². The summed E-state index contributed by atoms with van der Waals surface area (Å²) in [5.41, 5.74) is 6.81. The highest BCUT2D eigenvalue weighted by Gasteiger charge is 2.19. The predicted molar refractivity (Wildman–Crippen MR) is 73.6 cm³/mol. The summed E-state index contributed by atoms with van der Waals surface area (Å²) in [4.78, 5) is 0. The van der Waals surface area contributed by atoms with E-state index in [1.165, 1.54) is 38.5 Å². The summed E-state index contributed by atoms with van der Waals surface area (Å²) < 4.78 is 0. The number of rotatable bonds is 0. The molecule has 2 aliphatic rings. The molecule has 0 unspecified atom stereocenters. The van der Waals surface area contributed by atoms with Gasteiger partial charge < -0.3 is 0 Å². The molecule has 16 heavy (non-hydrogen) atoms. The van der Waals surface area contributed by atoms with Gasteiger partial charge in [0.25, 0.3) is 0 Å². The molecule has 0 N–H and O–H groups in total. The zero-order chi connectivity index (χ0) is 12.0. The molecule has 2 rings (SSSR count). The van der Waals surface area contributed by atoms with Gasteiger partial charge in [-0.15, -0.1) is 0 Å². The van der Waals surface area contributed by atoms with Crippen molar-refractivity contribution in [1.29, 1.82) is 0 Å². The van der Waals surface area contributed by atoms with Gasteiger partial charge in [-0.3, -0.25) is 0 Å². The fourth-order valence-electron chi connectivity index (χ4n) is 2.52. The average molecular weight is 218 g/mol. The van der Waals surface area contributed by atoms with Crippen LogP contribution in [0.3, 0.4) is 0 Å². The maximum Gasteiger partial charge on any atom is -0.0277 e. The van der Waals surface area contributed by atoms with E-state index in [9.17, 15) is 0 Å². The molecule has 2 aliphatic carbocycles. The van der Waals surface area contributed by atoms with E-state index in [0.717, 1.165) is 0 Å². The van der Waals surface area contributed by atoms with Gasteiger partial charge in [-0.2, -0.15) is 0 Å². The molecule has 0 heterocycles. The Balaban J connectivity index is 0.000000280. The lowest BCUT2D eigenvalue weighted by Gasteiger charge is -2.27. The van der Waals surface area contributed by atoms with Crippen molar-refractivity contribution >= 4 is 0 Å². The molecular formula is C16H26. The SMILES string of the molecule is C/C=C\C.CC1=C2CCCCC2=C(C)CC1. The van der Waals surface area contributed by atoms with Crippen molar-refractivity contribution in [3.8, 4) is 0 Å². The molecule has 0 bridgehead atoms. The minimum absolute atomic E-state index is 1.32. The highest BCUT2D eigenvalue weighted by Crippen LogP contribution is 2.38. The van der Waals surface area contributed by atoms with Gasteiger partial charge in [0, 0.05) is 0 Å². The van der Waals surface area contributed by atoms with Crippen LogP contribution in [-0.4, -0.2) is 0 Å². The van der Waals surface area contributed by atoms with Crippen molar-refractivity contribution in [2.75, 3.05) is 0 Å². The van der Waals surface area contributed by atoms with Crippen LogP contribution < -0.4 is 0 Å². The van der Waals surface area contributed by atoms with Crippen LogP contribution in [0, 0.1) is 0 Å². The van der Waals surface area contributed by atoms with Crippen molar-refractivity contribution in [1.82, 2.24) is 0 Å². The second-order valence-corrected chi connectivity index (χ2v) is 4.89. The first kappa shape index (κ1) is 13.3. The Morgan fingerprint density at radius 1 is 0.688 bits per heavy atom.